The number of rotatable bonds is 4. The van der Waals surface area contributed by atoms with Crippen molar-refractivity contribution in [3.05, 3.63) is 65.7 Å². The van der Waals surface area contributed by atoms with Gasteiger partial charge in [-0.1, -0.05) is 24.3 Å². The van der Waals surface area contributed by atoms with E-state index in [-0.39, 0.29) is 23.6 Å². The first-order chi connectivity index (χ1) is 11.1. The molecule has 3 nitrogen and oxygen atoms in total. The standard InChI is InChI=1S/C18H18F2N2O/c1-21(12-13-6-8-14(19)9-7-13)17-10-11-22(18(17)23)16-5-3-2-4-15(16)20/h2-9,17H,10-12H2,1H3/t17-/m0/s1. The average molecular weight is 316 g/mol. The molecule has 120 valence electrons. The highest BCUT2D eigenvalue weighted by Crippen LogP contribution is 2.26. The molecule has 0 spiro atoms. The van der Waals surface area contributed by atoms with Gasteiger partial charge in [-0.3, -0.25) is 9.69 Å². The normalized spacial score (nSPS) is 18.0. The number of likely N-dealkylation sites (N-methyl/N-ethyl adjacent to an activating group) is 1. The second-order valence-corrected chi connectivity index (χ2v) is 5.79. The van der Waals surface area contributed by atoms with Gasteiger partial charge in [-0.25, -0.2) is 8.78 Å². The lowest BCUT2D eigenvalue weighted by atomic mass is 10.1. The van der Waals surface area contributed by atoms with Crippen molar-refractivity contribution in [1.29, 1.82) is 0 Å². The minimum absolute atomic E-state index is 0.0975. The van der Waals surface area contributed by atoms with E-state index < -0.39 is 0 Å². The quantitative estimate of drug-likeness (QED) is 0.865. The number of hydrogen-bond donors (Lipinski definition) is 0. The summed E-state index contributed by atoms with van der Waals surface area (Å²) in [5, 5.41) is 0. The van der Waals surface area contributed by atoms with Gasteiger partial charge in [0, 0.05) is 13.1 Å². The molecule has 0 aliphatic carbocycles. The number of halogens is 2. The molecule has 2 aromatic carbocycles. The Labute approximate surface area is 134 Å². The Morgan fingerprint density at radius 3 is 2.52 bits per heavy atom. The molecule has 1 heterocycles. The van der Waals surface area contributed by atoms with Gasteiger partial charge in [-0.15, -0.1) is 0 Å². The number of carbonyl (C=O) groups excluding carboxylic acids is 1. The van der Waals surface area contributed by atoms with Crippen molar-refractivity contribution in [3.63, 3.8) is 0 Å². The van der Waals surface area contributed by atoms with Crippen LogP contribution in [0.1, 0.15) is 12.0 Å². The first kappa shape index (κ1) is 15.6. The first-order valence-corrected chi connectivity index (χ1v) is 7.57. The predicted octanol–water partition coefficient (Wildman–Crippen LogP) is 3.20. The van der Waals surface area contributed by atoms with Crippen LogP contribution in [-0.2, 0) is 11.3 Å². The summed E-state index contributed by atoms with van der Waals surface area (Å²) in [6.07, 6.45) is 0.644. The van der Waals surface area contributed by atoms with E-state index in [9.17, 15) is 13.6 Å². The van der Waals surface area contributed by atoms with Crippen LogP contribution in [0.5, 0.6) is 0 Å². The minimum Gasteiger partial charge on any atom is -0.308 e. The van der Waals surface area contributed by atoms with Crippen molar-refractivity contribution < 1.29 is 13.6 Å². The Balaban J connectivity index is 1.71. The van der Waals surface area contributed by atoms with E-state index in [1.807, 2.05) is 11.9 Å². The number of benzene rings is 2. The molecule has 2 aromatic rings. The molecule has 1 amide bonds. The van der Waals surface area contributed by atoms with Crippen LogP contribution < -0.4 is 4.90 Å². The van der Waals surface area contributed by atoms with E-state index in [1.54, 1.807) is 30.3 Å². The van der Waals surface area contributed by atoms with Gasteiger partial charge in [0.1, 0.15) is 11.6 Å². The van der Waals surface area contributed by atoms with Crippen LogP contribution >= 0.6 is 0 Å². The minimum atomic E-state index is -0.386. The zero-order valence-corrected chi connectivity index (χ0v) is 12.9. The number of para-hydroxylation sites is 1. The van der Waals surface area contributed by atoms with Gasteiger partial charge >= 0.3 is 0 Å². The molecule has 1 aliphatic rings. The summed E-state index contributed by atoms with van der Waals surface area (Å²) >= 11 is 0. The predicted molar refractivity (Wildman–Crippen MR) is 85.0 cm³/mol. The maximum atomic E-state index is 13.9. The van der Waals surface area contributed by atoms with Gasteiger partial charge < -0.3 is 4.90 Å². The molecule has 1 aliphatic heterocycles. The lowest BCUT2D eigenvalue weighted by Crippen LogP contribution is -2.39. The molecule has 0 N–H and O–H groups in total. The number of amides is 1. The fourth-order valence-corrected chi connectivity index (χ4v) is 2.97. The molecule has 1 saturated heterocycles. The van der Waals surface area contributed by atoms with Gasteiger partial charge in [-0.2, -0.15) is 0 Å². The highest BCUT2D eigenvalue weighted by atomic mass is 19.1. The Morgan fingerprint density at radius 2 is 1.83 bits per heavy atom. The van der Waals surface area contributed by atoms with Gasteiger partial charge in [0.15, 0.2) is 0 Å². The van der Waals surface area contributed by atoms with Gasteiger partial charge in [0.25, 0.3) is 0 Å². The first-order valence-electron chi connectivity index (χ1n) is 7.57. The van der Waals surface area contributed by atoms with Crippen molar-refractivity contribution >= 4 is 11.6 Å². The van der Waals surface area contributed by atoms with Crippen molar-refractivity contribution in [2.45, 2.75) is 19.0 Å². The summed E-state index contributed by atoms with van der Waals surface area (Å²) in [6, 6.07) is 12.3. The third-order valence-electron chi connectivity index (χ3n) is 4.20. The Hall–Kier alpha value is -2.27. The summed E-state index contributed by atoms with van der Waals surface area (Å²) in [5.74, 6) is -0.763. The number of anilines is 1. The van der Waals surface area contributed by atoms with Crippen LogP contribution in [0, 0.1) is 11.6 Å². The topological polar surface area (TPSA) is 23.6 Å². The van der Waals surface area contributed by atoms with Gasteiger partial charge in [0.2, 0.25) is 5.91 Å². The van der Waals surface area contributed by atoms with Crippen molar-refractivity contribution in [1.82, 2.24) is 4.90 Å². The van der Waals surface area contributed by atoms with Crippen molar-refractivity contribution in [2.75, 3.05) is 18.5 Å². The summed E-state index contributed by atoms with van der Waals surface area (Å²) in [7, 11) is 1.86. The molecule has 1 fully saturated rings. The third-order valence-corrected chi connectivity index (χ3v) is 4.20. The SMILES string of the molecule is CN(Cc1ccc(F)cc1)[C@H]1CCN(c2ccccc2F)C1=O. The van der Waals surface area contributed by atoms with E-state index in [0.717, 1.165) is 5.56 Å². The molecule has 5 heteroatoms. The lowest BCUT2D eigenvalue weighted by molar-refractivity contribution is -0.121. The van der Waals surface area contributed by atoms with Crippen LogP contribution in [0.3, 0.4) is 0 Å². The van der Waals surface area contributed by atoms with Crippen molar-refractivity contribution in [3.8, 4) is 0 Å². The molecule has 0 unspecified atom stereocenters. The molecular weight excluding hydrogens is 298 g/mol. The smallest absolute Gasteiger partial charge is 0.244 e. The number of hydrogen-bond acceptors (Lipinski definition) is 2. The lowest BCUT2D eigenvalue weighted by Gasteiger charge is -2.24. The van der Waals surface area contributed by atoms with E-state index in [2.05, 4.69) is 0 Å². The van der Waals surface area contributed by atoms with Crippen LogP contribution in [0.4, 0.5) is 14.5 Å². The Bertz CT molecular complexity index is 702. The van der Waals surface area contributed by atoms with Crippen molar-refractivity contribution in [2.24, 2.45) is 0 Å². The zero-order valence-electron chi connectivity index (χ0n) is 12.9. The van der Waals surface area contributed by atoms with E-state index in [1.165, 1.54) is 23.1 Å². The largest absolute Gasteiger partial charge is 0.308 e. The number of nitrogens with zero attached hydrogens (tertiary/aromatic N) is 2. The van der Waals surface area contributed by atoms with Crippen LogP contribution in [0.25, 0.3) is 0 Å². The summed E-state index contributed by atoms with van der Waals surface area (Å²) in [6.45, 7) is 1.04. The molecular formula is C18H18F2N2O. The zero-order chi connectivity index (χ0) is 16.4. The van der Waals surface area contributed by atoms with Gasteiger partial charge in [-0.05, 0) is 43.3 Å². The van der Waals surface area contributed by atoms with E-state index in [4.69, 9.17) is 0 Å². The van der Waals surface area contributed by atoms with E-state index >= 15 is 0 Å². The molecule has 3 rings (SSSR count). The molecule has 0 bridgehead atoms. The highest BCUT2D eigenvalue weighted by Gasteiger charge is 2.36. The second-order valence-electron chi connectivity index (χ2n) is 5.79. The number of carbonyl (C=O) groups is 1. The van der Waals surface area contributed by atoms with Crippen LogP contribution in [0.15, 0.2) is 48.5 Å². The molecule has 0 radical (unpaired) electrons. The Morgan fingerprint density at radius 1 is 1.13 bits per heavy atom. The summed E-state index contributed by atoms with van der Waals surface area (Å²) in [5.41, 5.74) is 1.27. The molecule has 0 aromatic heterocycles. The monoisotopic (exact) mass is 316 g/mol. The maximum Gasteiger partial charge on any atom is 0.244 e. The maximum absolute atomic E-state index is 13.9. The van der Waals surface area contributed by atoms with Crippen LogP contribution in [-0.4, -0.2) is 30.4 Å². The van der Waals surface area contributed by atoms with E-state index in [0.29, 0.717) is 25.2 Å². The third kappa shape index (κ3) is 3.24. The van der Waals surface area contributed by atoms with Crippen LogP contribution in [0.2, 0.25) is 0 Å². The molecule has 23 heavy (non-hydrogen) atoms. The summed E-state index contributed by atoms with van der Waals surface area (Å²) < 4.78 is 26.8. The fourth-order valence-electron chi connectivity index (χ4n) is 2.97. The molecule has 0 saturated carbocycles. The molecule has 1 atom stereocenters. The average Bonchev–Trinajstić information content (AvgIpc) is 2.92. The fraction of sp³-hybridized carbons (Fsp3) is 0.278. The second kappa shape index (κ2) is 6.46. The summed E-state index contributed by atoms with van der Waals surface area (Å²) in [4.78, 5) is 16.0. The van der Waals surface area contributed by atoms with Gasteiger partial charge in [0.05, 0.1) is 11.7 Å². The highest BCUT2D eigenvalue weighted by molar-refractivity contribution is 5.99. The Kier molecular flexibility index (Phi) is 4.39.